The van der Waals surface area contributed by atoms with Gasteiger partial charge in [0.15, 0.2) is 0 Å². The summed E-state index contributed by atoms with van der Waals surface area (Å²) in [6, 6.07) is 9.87. The highest BCUT2D eigenvalue weighted by atomic mass is 16.5. The molecule has 2 aliphatic rings. The quantitative estimate of drug-likeness (QED) is 0.689. The van der Waals surface area contributed by atoms with E-state index in [0.717, 1.165) is 18.4 Å². The predicted octanol–water partition coefficient (Wildman–Crippen LogP) is 2.27. The van der Waals surface area contributed by atoms with Crippen molar-refractivity contribution in [2.45, 2.75) is 43.9 Å². The molecular weight excluding hydrogens is 356 g/mol. The molecule has 2 aliphatic heterocycles. The third kappa shape index (κ3) is 4.14. The van der Waals surface area contributed by atoms with E-state index in [1.807, 2.05) is 6.07 Å². The van der Waals surface area contributed by atoms with Gasteiger partial charge in [-0.15, -0.1) is 10.2 Å². The Bertz CT molecular complexity index is 870. The van der Waals surface area contributed by atoms with E-state index < -0.39 is 0 Å². The number of hydrogen-bond donors (Lipinski definition) is 3. The Kier molecular flexibility index (Phi) is 5.25. The molecule has 2 bridgehead atoms. The van der Waals surface area contributed by atoms with Crippen LogP contribution in [0.3, 0.4) is 0 Å². The number of phenolic OH excluding ortho intramolecular Hbond substituents is 1. The second kappa shape index (κ2) is 7.98. The van der Waals surface area contributed by atoms with Crippen LogP contribution in [0.2, 0.25) is 0 Å². The summed E-state index contributed by atoms with van der Waals surface area (Å²) in [6.07, 6.45) is 7.69. The largest absolute Gasteiger partial charge is 0.507 e. The molecule has 7 heteroatoms. The van der Waals surface area contributed by atoms with Gasteiger partial charge in [-0.05, 0) is 55.5 Å². The van der Waals surface area contributed by atoms with Gasteiger partial charge >= 0.3 is 0 Å². The van der Waals surface area contributed by atoms with Gasteiger partial charge in [-0.25, -0.2) is 0 Å². The summed E-state index contributed by atoms with van der Waals surface area (Å²) < 4.78 is 6.02. The van der Waals surface area contributed by atoms with E-state index in [1.54, 1.807) is 37.4 Å². The maximum Gasteiger partial charge on any atom is 0.243 e. The summed E-state index contributed by atoms with van der Waals surface area (Å²) >= 11 is 0. The van der Waals surface area contributed by atoms with Crippen LogP contribution < -0.4 is 15.4 Å². The summed E-state index contributed by atoms with van der Waals surface area (Å²) in [5, 5.41) is 24.8. The number of ether oxygens (including phenoxy) is 1. The summed E-state index contributed by atoms with van der Waals surface area (Å²) in [7, 11) is 1.56. The van der Waals surface area contributed by atoms with Crippen LogP contribution in [0.15, 0.2) is 36.4 Å². The number of hydrogen-bond acceptors (Lipinski definition) is 6. The minimum Gasteiger partial charge on any atom is -0.507 e. The molecule has 2 atom stereocenters. The summed E-state index contributed by atoms with van der Waals surface area (Å²) in [6.45, 7) is 0. The van der Waals surface area contributed by atoms with Crippen molar-refractivity contribution in [3.8, 4) is 22.9 Å². The Labute approximate surface area is 163 Å². The molecular formula is C21H24N4O3. The van der Waals surface area contributed by atoms with Gasteiger partial charge in [0.2, 0.25) is 11.8 Å². The first-order valence-electron chi connectivity index (χ1n) is 9.60. The number of benzene rings is 1. The lowest BCUT2D eigenvalue weighted by Gasteiger charge is -2.28. The van der Waals surface area contributed by atoms with E-state index in [0.29, 0.717) is 29.2 Å². The first kappa shape index (κ1) is 18.4. The van der Waals surface area contributed by atoms with Gasteiger partial charge in [0, 0.05) is 36.8 Å². The van der Waals surface area contributed by atoms with Crippen LogP contribution in [0.4, 0.5) is 0 Å². The highest BCUT2D eigenvalue weighted by molar-refractivity contribution is 5.91. The van der Waals surface area contributed by atoms with E-state index in [-0.39, 0.29) is 17.8 Å². The number of piperidine rings is 1. The first-order valence-corrected chi connectivity index (χ1v) is 9.60. The number of carbonyl (C=O) groups is 1. The summed E-state index contributed by atoms with van der Waals surface area (Å²) in [5.41, 5.74) is 1.87. The molecule has 7 nitrogen and oxygen atoms in total. The van der Waals surface area contributed by atoms with Crippen molar-refractivity contribution in [2.24, 2.45) is 0 Å². The maximum atomic E-state index is 11.3. The van der Waals surface area contributed by atoms with Gasteiger partial charge in [-0.2, -0.15) is 0 Å². The van der Waals surface area contributed by atoms with Crippen LogP contribution in [0.1, 0.15) is 31.2 Å². The van der Waals surface area contributed by atoms with Crippen molar-refractivity contribution in [3.05, 3.63) is 42.0 Å². The fraction of sp³-hybridized carbons (Fsp3) is 0.381. The SMILES string of the molecule is CNC(=O)/C=C/c1ccc(-c2ccc(OC3CC4CCC(C3)N4)nn2)c(O)c1. The van der Waals surface area contributed by atoms with Crippen LogP contribution in [0, 0.1) is 0 Å². The Balaban J connectivity index is 1.43. The number of fused-ring (bicyclic) bond motifs is 2. The standard InChI is InChI=1S/C21H24N4O3/c1-22-20(27)8-3-13-2-6-17(19(26)10-13)18-7-9-21(25-24-18)28-16-11-14-4-5-15(12-16)23-14/h2-3,6-10,14-16,23,26H,4-5,11-12H2,1H3,(H,22,27)/b8-3+. The van der Waals surface area contributed by atoms with Gasteiger partial charge in [0.05, 0.1) is 5.69 Å². The van der Waals surface area contributed by atoms with Crippen LogP contribution in [0.25, 0.3) is 17.3 Å². The van der Waals surface area contributed by atoms with Gasteiger partial charge in [0.25, 0.3) is 0 Å². The number of aromatic nitrogens is 2. The van der Waals surface area contributed by atoms with Crippen molar-refractivity contribution in [2.75, 3.05) is 7.05 Å². The summed E-state index contributed by atoms with van der Waals surface area (Å²) in [5.74, 6) is 0.392. The van der Waals surface area contributed by atoms with Crippen LogP contribution in [-0.2, 0) is 4.79 Å². The lowest BCUT2D eigenvalue weighted by molar-refractivity contribution is -0.115. The number of likely N-dealkylation sites (N-methyl/N-ethyl adjacent to an activating group) is 1. The highest BCUT2D eigenvalue weighted by Crippen LogP contribution is 2.31. The number of carbonyl (C=O) groups excluding carboxylic acids is 1. The molecule has 3 N–H and O–H groups in total. The number of rotatable bonds is 5. The van der Waals surface area contributed by atoms with Gasteiger partial charge < -0.3 is 20.5 Å². The Morgan fingerprint density at radius 1 is 1.21 bits per heavy atom. The molecule has 1 amide bonds. The first-order chi connectivity index (χ1) is 13.6. The van der Waals surface area contributed by atoms with Crippen LogP contribution >= 0.6 is 0 Å². The molecule has 146 valence electrons. The molecule has 1 aromatic heterocycles. The van der Waals surface area contributed by atoms with Crippen LogP contribution in [0.5, 0.6) is 11.6 Å². The van der Waals surface area contributed by atoms with Crippen molar-refractivity contribution >= 4 is 12.0 Å². The topological polar surface area (TPSA) is 96.4 Å². The molecule has 4 rings (SSSR count). The molecule has 0 spiro atoms. The average molecular weight is 380 g/mol. The van der Waals surface area contributed by atoms with Crippen molar-refractivity contribution in [1.82, 2.24) is 20.8 Å². The molecule has 1 aromatic carbocycles. The second-order valence-corrected chi connectivity index (χ2v) is 7.33. The highest BCUT2D eigenvalue weighted by Gasteiger charge is 2.34. The van der Waals surface area contributed by atoms with Crippen LogP contribution in [-0.4, -0.2) is 46.4 Å². The fourth-order valence-corrected chi connectivity index (χ4v) is 3.92. The molecule has 0 radical (unpaired) electrons. The zero-order valence-electron chi connectivity index (χ0n) is 15.8. The summed E-state index contributed by atoms with van der Waals surface area (Å²) in [4.78, 5) is 11.3. The Morgan fingerprint density at radius 2 is 2.00 bits per heavy atom. The minimum absolute atomic E-state index is 0.0805. The average Bonchev–Trinajstić information content (AvgIpc) is 3.05. The number of nitrogens with one attached hydrogen (secondary N) is 2. The number of amides is 1. The van der Waals surface area contributed by atoms with E-state index in [2.05, 4.69) is 20.8 Å². The molecule has 2 aromatic rings. The van der Waals surface area contributed by atoms with Crippen molar-refractivity contribution < 1.29 is 14.6 Å². The van der Waals surface area contributed by atoms with Gasteiger partial charge in [0.1, 0.15) is 11.9 Å². The Morgan fingerprint density at radius 3 is 2.64 bits per heavy atom. The van der Waals surface area contributed by atoms with E-state index >= 15 is 0 Å². The number of aromatic hydroxyl groups is 1. The number of phenols is 1. The lowest BCUT2D eigenvalue weighted by atomic mass is 10.0. The third-order valence-corrected chi connectivity index (χ3v) is 5.33. The molecule has 2 unspecified atom stereocenters. The molecule has 3 heterocycles. The smallest absolute Gasteiger partial charge is 0.243 e. The maximum absolute atomic E-state index is 11.3. The molecule has 2 fully saturated rings. The Hall–Kier alpha value is -2.93. The van der Waals surface area contributed by atoms with Crippen molar-refractivity contribution in [1.29, 1.82) is 0 Å². The number of nitrogens with zero attached hydrogens (tertiary/aromatic N) is 2. The molecule has 0 saturated carbocycles. The fourth-order valence-electron chi connectivity index (χ4n) is 3.92. The third-order valence-electron chi connectivity index (χ3n) is 5.33. The second-order valence-electron chi connectivity index (χ2n) is 7.33. The molecule has 28 heavy (non-hydrogen) atoms. The zero-order chi connectivity index (χ0) is 19.5. The minimum atomic E-state index is -0.202. The van der Waals surface area contributed by atoms with E-state index in [9.17, 15) is 9.90 Å². The van der Waals surface area contributed by atoms with Crippen molar-refractivity contribution in [3.63, 3.8) is 0 Å². The molecule has 0 aliphatic carbocycles. The van der Waals surface area contributed by atoms with Gasteiger partial charge in [-0.3, -0.25) is 4.79 Å². The molecule has 2 saturated heterocycles. The lowest BCUT2D eigenvalue weighted by Crippen LogP contribution is -2.42. The predicted molar refractivity (Wildman–Crippen MR) is 106 cm³/mol. The zero-order valence-corrected chi connectivity index (χ0v) is 15.8. The van der Waals surface area contributed by atoms with Gasteiger partial charge in [-0.1, -0.05) is 6.07 Å². The van der Waals surface area contributed by atoms with E-state index in [1.165, 1.54) is 18.9 Å². The monoisotopic (exact) mass is 380 g/mol. The normalized spacial score (nSPS) is 23.7. The van der Waals surface area contributed by atoms with E-state index in [4.69, 9.17) is 4.74 Å².